The fourth-order valence-corrected chi connectivity index (χ4v) is 15.5. The van der Waals surface area contributed by atoms with Gasteiger partial charge in [-0.2, -0.15) is 8.62 Å². The maximum atomic E-state index is 12.7. The summed E-state index contributed by atoms with van der Waals surface area (Å²) in [6.07, 6.45) is -0.0649. The number of nitrogens with zero attached hydrogens (tertiary/aromatic N) is 2. The molecule has 1 fully saturated rings. The molecule has 0 saturated carbocycles. The Hall–Kier alpha value is -5.18. The molecule has 0 spiro atoms. The van der Waals surface area contributed by atoms with Gasteiger partial charge in [-0.05, 0) is 79.4 Å². The molecule has 25 heteroatoms. The molecule has 2 aliphatic heterocycles. The molecular weight excluding hydrogens is 1030 g/mol. The topological polar surface area (TPSA) is 281 Å². The summed E-state index contributed by atoms with van der Waals surface area (Å²) >= 11 is 10.4. The molecule has 19 nitrogen and oxygen atoms in total. The molecule has 8 N–H and O–H groups in total. The number of aromatic amines is 1. The smallest absolute Gasteiger partial charge is 0.390 e. The maximum Gasteiger partial charge on any atom is 0.490 e. The lowest BCUT2D eigenvalue weighted by atomic mass is 9.89. The van der Waals surface area contributed by atoms with Crippen LogP contribution in [0.25, 0.3) is 27.6 Å². The zero-order valence-electron chi connectivity index (χ0n) is 37.9. The molecule has 2 unspecified atom stereocenters. The number of phosphoric acid groups is 3. The van der Waals surface area contributed by atoms with E-state index in [-0.39, 0.29) is 18.5 Å². The molecule has 1 aromatic heterocycles. The maximum absolute atomic E-state index is 12.7. The van der Waals surface area contributed by atoms with Gasteiger partial charge in [-0.3, -0.25) is 18.9 Å². The highest BCUT2D eigenvalue weighted by molar-refractivity contribution is 7.80. The lowest BCUT2D eigenvalue weighted by molar-refractivity contribution is -0.0450. The van der Waals surface area contributed by atoms with Crippen molar-refractivity contribution >= 4 is 93.9 Å². The van der Waals surface area contributed by atoms with Crippen molar-refractivity contribution in [3.8, 4) is 0 Å². The Morgan fingerprint density at radius 3 is 1.94 bits per heavy atom. The number of ether oxygens (including phenoxy) is 1. The highest BCUT2D eigenvalue weighted by Crippen LogP contribution is 2.66. The Bertz CT molecular complexity index is 3200. The van der Waals surface area contributed by atoms with Crippen LogP contribution < -0.4 is 21.9 Å². The Balaban J connectivity index is 0.995. The predicted molar refractivity (Wildman–Crippen MR) is 278 cm³/mol. The first-order chi connectivity index (χ1) is 33.6. The molecule has 0 aliphatic carbocycles. The molecule has 5 aromatic rings. The lowest BCUT2D eigenvalue weighted by Crippen LogP contribution is -2.35. The summed E-state index contributed by atoms with van der Waals surface area (Å²) in [5.41, 5.74) is 7.49. The molecule has 0 amide bonds. The number of thiocarbonyl (C=S) groups is 2. The zero-order chi connectivity index (χ0) is 51.1. The summed E-state index contributed by atoms with van der Waals surface area (Å²) in [6.45, 7) is 4.95. The van der Waals surface area contributed by atoms with E-state index in [9.17, 15) is 38.2 Å². The standard InChI is InChI=1S/C46H48N5O14P3S2Si/c1-71(2)42(34-19-15-30(16-20-34)25-47-29-69)40(32-10-5-3-6-11-32)41(33-12-7-4-8-13-33)43(71)35-21-17-31(18-22-35)26-49-45(70)48-23-9-14-36-27-51(46(54)50-44(36)53)39-24-37(52)38(63-39)28-62-67(58,59)65-68(60,61)64-66(55,56)57/h3-22,27,37-39,52H,23-26,28H2,1-2H3,(H,58,59)(H,60,61)(H2,48,49,70)(H,50,53,54)(H2,55,56,57)/b14-9+/t37-,38-,39-/m1/s1. The number of H-pyrrole nitrogens is 1. The number of hydrogen-bond donors (Lipinski definition) is 8. The molecule has 1 saturated heterocycles. The van der Waals surface area contributed by atoms with Gasteiger partial charge in [0, 0.05) is 25.7 Å². The van der Waals surface area contributed by atoms with Gasteiger partial charge >= 0.3 is 29.2 Å². The second kappa shape index (κ2) is 22.7. The molecular formula is C46H48N5O14P3S2Si. The minimum Gasteiger partial charge on any atom is -0.390 e. The molecule has 3 heterocycles. The average molecular weight is 1080 g/mol. The number of rotatable bonds is 19. The first-order valence-corrected chi connectivity index (χ1v) is 30.0. The number of nitrogens with one attached hydrogen (secondary N) is 3. The molecule has 0 radical (unpaired) electrons. The van der Waals surface area contributed by atoms with Crippen molar-refractivity contribution in [1.29, 1.82) is 0 Å². The van der Waals surface area contributed by atoms with Gasteiger partial charge in [0.2, 0.25) is 0 Å². The van der Waals surface area contributed by atoms with E-state index in [2.05, 4.69) is 149 Å². The predicted octanol–water partition coefficient (Wildman–Crippen LogP) is 7.13. The van der Waals surface area contributed by atoms with Gasteiger partial charge in [-0.25, -0.2) is 23.5 Å². The monoisotopic (exact) mass is 1080 g/mol. The van der Waals surface area contributed by atoms with Crippen LogP contribution in [-0.4, -0.2) is 77.9 Å². The number of aliphatic hydroxyl groups is 1. The largest absolute Gasteiger partial charge is 0.490 e. The van der Waals surface area contributed by atoms with Crippen molar-refractivity contribution in [1.82, 2.24) is 20.2 Å². The Morgan fingerprint density at radius 2 is 1.39 bits per heavy atom. The SMILES string of the molecule is C[Si]1(C)C(c2ccc(CN=C=S)cc2)=C(c2ccccc2)C(c2ccccc2)=C1c1ccc(CNC(=S)NC/C=C/c2cn([C@H]3C[C@@H](O)[C@@H](COP(=O)(O)OP(=O)(O)OP(=O)(O)O)O3)c(=O)[nH]c2=O)cc1. The van der Waals surface area contributed by atoms with E-state index in [0.717, 1.165) is 32.4 Å². The van der Waals surface area contributed by atoms with Crippen LogP contribution in [-0.2, 0) is 44.7 Å². The van der Waals surface area contributed by atoms with E-state index >= 15 is 0 Å². The van der Waals surface area contributed by atoms with E-state index < -0.39 is 67.8 Å². The normalized spacial score (nSPS) is 19.6. The first kappa shape index (κ1) is 53.6. The Kier molecular flexibility index (Phi) is 17.1. The lowest BCUT2D eigenvalue weighted by Gasteiger charge is -2.27. The number of aliphatic imine (C=N–C) groups is 1. The van der Waals surface area contributed by atoms with E-state index in [1.54, 1.807) is 6.08 Å². The second-order valence-corrected chi connectivity index (χ2v) is 26.0. The summed E-state index contributed by atoms with van der Waals surface area (Å²) in [5, 5.41) is 22.3. The third kappa shape index (κ3) is 13.7. The summed E-state index contributed by atoms with van der Waals surface area (Å²) in [6, 6.07) is 38.2. The Morgan fingerprint density at radius 1 is 0.831 bits per heavy atom. The van der Waals surface area contributed by atoms with Crippen LogP contribution in [0.4, 0.5) is 0 Å². The van der Waals surface area contributed by atoms with Crippen LogP contribution in [0, 0.1) is 0 Å². The van der Waals surface area contributed by atoms with Gasteiger partial charge in [0.15, 0.2) is 5.11 Å². The van der Waals surface area contributed by atoms with Crippen molar-refractivity contribution < 1.29 is 56.3 Å². The van der Waals surface area contributed by atoms with Crippen LogP contribution in [0.3, 0.4) is 0 Å². The molecule has 5 atom stereocenters. The zero-order valence-corrected chi connectivity index (χ0v) is 43.2. The molecule has 7 rings (SSSR count). The average Bonchev–Trinajstić information content (AvgIpc) is 3.81. The number of allylic oxidation sites excluding steroid dienone is 2. The summed E-state index contributed by atoms with van der Waals surface area (Å²) < 4.78 is 53.1. The van der Waals surface area contributed by atoms with E-state index in [0.29, 0.717) is 18.2 Å². The molecule has 71 heavy (non-hydrogen) atoms. The molecule has 4 aromatic carbocycles. The van der Waals surface area contributed by atoms with Gasteiger partial charge in [0.25, 0.3) is 5.56 Å². The second-order valence-electron chi connectivity index (χ2n) is 16.7. The number of benzene rings is 4. The highest BCUT2D eigenvalue weighted by atomic mass is 32.1. The third-order valence-corrected chi connectivity index (χ3v) is 19.2. The minimum absolute atomic E-state index is 0.0310. The summed E-state index contributed by atoms with van der Waals surface area (Å²) in [5.74, 6) is 0. The quantitative estimate of drug-likeness (QED) is 0.0177. The number of hydrogen-bond acceptors (Lipinski definition) is 13. The molecule has 0 bridgehead atoms. The van der Waals surface area contributed by atoms with Crippen LogP contribution in [0.15, 0.2) is 136 Å². The number of aromatic nitrogens is 2. The summed E-state index contributed by atoms with van der Waals surface area (Å²) in [4.78, 5) is 68.3. The third-order valence-electron chi connectivity index (χ3n) is 11.4. The van der Waals surface area contributed by atoms with Gasteiger partial charge in [-0.1, -0.05) is 134 Å². The fourth-order valence-electron chi connectivity index (χ4n) is 8.41. The van der Waals surface area contributed by atoms with Crippen LogP contribution in [0.5, 0.6) is 0 Å². The highest BCUT2D eigenvalue weighted by Gasteiger charge is 2.45. The van der Waals surface area contributed by atoms with Crippen molar-refractivity contribution in [3.05, 3.63) is 181 Å². The van der Waals surface area contributed by atoms with Gasteiger partial charge in [-0.15, -0.1) is 0 Å². The van der Waals surface area contributed by atoms with Gasteiger partial charge < -0.3 is 40.1 Å². The van der Waals surface area contributed by atoms with Crippen molar-refractivity contribution in [3.63, 3.8) is 0 Å². The van der Waals surface area contributed by atoms with Crippen molar-refractivity contribution in [2.75, 3.05) is 13.2 Å². The minimum atomic E-state index is -5.77. The van der Waals surface area contributed by atoms with Crippen molar-refractivity contribution in [2.45, 2.75) is 51.0 Å². The van der Waals surface area contributed by atoms with Crippen LogP contribution >= 0.6 is 47.9 Å². The Labute approximate surface area is 418 Å². The number of isothiocyanates is 1. The van der Waals surface area contributed by atoms with E-state index in [4.69, 9.17) is 39.0 Å². The van der Waals surface area contributed by atoms with E-state index in [1.807, 2.05) is 12.1 Å². The van der Waals surface area contributed by atoms with Crippen LogP contribution in [0.2, 0.25) is 13.1 Å². The fraction of sp³-hybridized carbons (Fsp3) is 0.217. The molecule has 372 valence electrons. The van der Waals surface area contributed by atoms with Crippen molar-refractivity contribution in [2.24, 2.45) is 4.99 Å². The van der Waals surface area contributed by atoms with E-state index in [1.165, 1.54) is 39.4 Å². The van der Waals surface area contributed by atoms with Gasteiger partial charge in [0.1, 0.15) is 20.4 Å². The van der Waals surface area contributed by atoms with Gasteiger partial charge in [0.05, 0.1) is 30.0 Å². The summed E-state index contributed by atoms with van der Waals surface area (Å²) in [7, 11) is -19.3. The van der Waals surface area contributed by atoms with Crippen LogP contribution in [0.1, 0.15) is 51.6 Å². The first-order valence-electron chi connectivity index (χ1n) is 21.6. The molecule has 2 aliphatic rings. The number of phosphoric ester groups is 1. The number of aliphatic hydroxyl groups excluding tert-OH is 1.